The van der Waals surface area contributed by atoms with Gasteiger partial charge in [-0.2, -0.15) is 0 Å². The van der Waals surface area contributed by atoms with Crippen molar-refractivity contribution >= 4 is 11.6 Å². The summed E-state index contributed by atoms with van der Waals surface area (Å²) in [6.07, 6.45) is 2.67. The third-order valence-corrected chi connectivity index (χ3v) is 3.16. The van der Waals surface area contributed by atoms with Crippen molar-refractivity contribution in [1.82, 2.24) is 5.32 Å². The van der Waals surface area contributed by atoms with Gasteiger partial charge in [-0.1, -0.05) is 12.5 Å². The van der Waals surface area contributed by atoms with Gasteiger partial charge in [0, 0.05) is 0 Å². The van der Waals surface area contributed by atoms with Gasteiger partial charge in [0.1, 0.15) is 11.5 Å². The van der Waals surface area contributed by atoms with Crippen molar-refractivity contribution in [2.75, 3.05) is 11.9 Å². The van der Waals surface area contributed by atoms with Gasteiger partial charge in [-0.15, -0.1) is 0 Å². The first-order valence-corrected chi connectivity index (χ1v) is 6.08. The van der Waals surface area contributed by atoms with Crippen LogP contribution in [0.25, 0.3) is 0 Å². The first-order valence-electron chi connectivity index (χ1n) is 6.08. The van der Waals surface area contributed by atoms with Gasteiger partial charge in [0.05, 0.1) is 6.04 Å². The zero-order valence-electron chi connectivity index (χ0n) is 10.2. The summed E-state index contributed by atoms with van der Waals surface area (Å²) < 4.78 is 27.2. The molecule has 1 aliphatic heterocycles. The number of halogens is 2. The number of hydrogen-bond donors (Lipinski definition) is 2. The Balaban J connectivity index is 2.13. The van der Waals surface area contributed by atoms with Crippen LogP contribution in [0.2, 0.25) is 0 Å². The highest BCUT2D eigenvalue weighted by Crippen LogP contribution is 2.22. The molecule has 0 aliphatic carbocycles. The van der Waals surface area contributed by atoms with E-state index in [0.29, 0.717) is 12.0 Å². The van der Waals surface area contributed by atoms with Gasteiger partial charge >= 0.3 is 0 Å². The maximum absolute atomic E-state index is 13.7. The number of carbonyl (C=O) groups is 1. The largest absolute Gasteiger partial charge is 0.320 e. The second kappa shape index (κ2) is 5.44. The van der Waals surface area contributed by atoms with Crippen LogP contribution in [0.4, 0.5) is 14.5 Å². The van der Waals surface area contributed by atoms with Crippen LogP contribution in [0.3, 0.4) is 0 Å². The Labute approximate surface area is 105 Å². The molecule has 0 radical (unpaired) electrons. The number of aryl methyl sites for hydroxylation is 1. The van der Waals surface area contributed by atoms with Crippen molar-refractivity contribution in [3.05, 3.63) is 29.3 Å². The van der Waals surface area contributed by atoms with E-state index < -0.39 is 11.6 Å². The summed E-state index contributed by atoms with van der Waals surface area (Å²) >= 11 is 0. The molecule has 1 aromatic rings. The lowest BCUT2D eigenvalue weighted by molar-refractivity contribution is -0.118. The molecule has 1 saturated heterocycles. The summed E-state index contributed by atoms with van der Waals surface area (Å²) in [6, 6.07) is 2.14. The van der Waals surface area contributed by atoms with Gasteiger partial charge in [-0.3, -0.25) is 4.79 Å². The van der Waals surface area contributed by atoms with E-state index in [4.69, 9.17) is 0 Å². The molecular weight excluding hydrogens is 238 g/mol. The number of carbonyl (C=O) groups excluding carboxylic acids is 1. The van der Waals surface area contributed by atoms with Crippen LogP contribution >= 0.6 is 0 Å². The van der Waals surface area contributed by atoms with Crippen molar-refractivity contribution in [2.45, 2.75) is 32.2 Å². The third-order valence-electron chi connectivity index (χ3n) is 3.16. The minimum absolute atomic E-state index is 0.309. The second-order valence-corrected chi connectivity index (χ2v) is 4.55. The maximum Gasteiger partial charge on any atom is 0.241 e. The predicted molar refractivity (Wildman–Crippen MR) is 65.4 cm³/mol. The number of hydrogen-bond acceptors (Lipinski definition) is 2. The Kier molecular flexibility index (Phi) is 3.91. The lowest BCUT2D eigenvalue weighted by Gasteiger charge is -2.22. The molecule has 0 spiro atoms. The third kappa shape index (κ3) is 2.67. The van der Waals surface area contributed by atoms with E-state index in [1.165, 1.54) is 13.0 Å². The molecule has 1 fully saturated rings. The van der Waals surface area contributed by atoms with Crippen LogP contribution in [0.5, 0.6) is 0 Å². The van der Waals surface area contributed by atoms with Crippen LogP contribution in [0.1, 0.15) is 24.8 Å². The quantitative estimate of drug-likeness (QED) is 0.850. The molecule has 1 aliphatic rings. The molecule has 5 heteroatoms. The molecule has 2 N–H and O–H groups in total. The van der Waals surface area contributed by atoms with Gasteiger partial charge in [0.25, 0.3) is 0 Å². The first-order chi connectivity index (χ1) is 8.59. The number of benzene rings is 1. The van der Waals surface area contributed by atoms with Crippen molar-refractivity contribution < 1.29 is 13.6 Å². The summed E-state index contributed by atoms with van der Waals surface area (Å²) in [5.74, 6) is -1.83. The molecule has 0 aromatic heterocycles. The Hall–Kier alpha value is -1.49. The Morgan fingerprint density at radius 1 is 1.39 bits per heavy atom. The van der Waals surface area contributed by atoms with Crippen molar-refractivity contribution in [1.29, 1.82) is 0 Å². The standard InChI is InChI=1S/C13H16F2N2O/c1-8-5-6-9(14)12(11(8)15)17-13(18)10-4-2-3-7-16-10/h5-6,10,16H,2-4,7H2,1H3,(H,17,18)/t10-/m1/s1. The molecule has 0 unspecified atom stereocenters. The topological polar surface area (TPSA) is 41.1 Å². The molecule has 3 nitrogen and oxygen atoms in total. The highest BCUT2D eigenvalue weighted by molar-refractivity contribution is 5.95. The van der Waals surface area contributed by atoms with Crippen LogP contribution in [-0.4, -0.2) is 18.5 Å². The van der Waals surface area contributed by atoms with Crippen LogP contribution < -0.4 is 10.6 Å². The average molecular weight is 254 g/mol. The molecule has 2 rings (SSSR count). The van der Waals surface area contributed by atoms with E-state index in [1.807, 2.05) is 0 Å². The monoisotopic (exact) mass is 254 g/mol. The van der Waals surface area contributed by atoms with E-state index >= 15 is 0 Å². The lowest BCUT2D eigenvalue weighted by atomic mass is 10.0. The highest BCUT2D eigenvalue weighted by Gasteiger charge is 2.23. The maximum atomic E-state index is 13.7. The summed E-state index contributed by atoms with van der Waals surface area (Å²) in [4.78, 5) is 11.9. The van der Waals surface area contributed by atoms with Crippen molar-refractivity contribution in [3.63, 3.8) is 0 Å². The summed E-state index contributed by atoms with van der Waals surface area (Å²) in [5.41, 5.74) is -0.0457. The van der Waals surface area contributed by atoms with Gasteiger partial charge in [0.2, 0.25) is 5.91 Å². The lowest BCUT2D eigenvalue weighted by Crippen LogP contribution is -2.43. The van der Waals surface area contributed by atoms with Gasteiger partial charge in [-0.25, -0.2) is 8.78 Å². The summed E-state index contributed by atoms with van der Waals surface area (Å²) in [5, 5.41) is 5.37. The molecule has 98 valence electrons. The molecule has 1 amide bonds. The second-order valence-electron chi connectivity index (χ2n) is 4.55. The number of nitrogens with one attached hydrogen (secondary N) is 2. The summed E-state index contributed by atoms with van der Waals surface area (Å²) in [6.45, 7) is 2.29. The van der Waals surface area contributed by atoms with Crippen LogP contribution in [0, 0.1) is 18.6 Å². The highest BCUT2D eigenvalue weighted by atomic mass is 19.1. The fraction of sp³-hybridized carbons (Fsp3) is 0.462. The smallest absolute Gasteiger partial charge is 0.241 e. The van der Waals surface area contributed by atoms with E-state index in [1.54, 1.807) is 0 Å². The average Bonchev–Trinajstić information content (AvgIpc) is 2.40. The Morgan fingerprint density at radius 3 is 2.83 bits per heavy atom. The normalized spacial score (nSPS) is 19.6. The fourth-order valence-corrected chi connectivity index (χ4v) is 2.06. The van der Waals surface area contributed by atoms with Gasteiger partial charge in [0.15, 0.2) is 5.82 Å². The molecule has 0 saturated carbocycles. The first kappa shape index (κ1) is 13.0. The minimum Gasteiger partial charge on any atom is -0.320 e. The van der Waals surface area contributed by atoms with Crippen molar-refractivity contribution in [2.24, 2.45) is 0 Å². The predicted octanol–water partition coefficient (Wildman–Crippen LogP) is 2.35. The van der Waals surface area contributed by atoms with E-state index in [-0.39, 0.29) is 17.6 Å². The fourth-order valence-electron chi connectivity index (χ4n) is 2.06. The molecule has 18 heavy (non-hydrogen) atoms. The van der Waals surface area contributed by atoms with E-state index in [2.05, 4.69) is 10.6 Å². The summed E-state index contributed by atoms with van der Waals surface area (Å²) in [7, 11) is 0. The van der Waals surface area contributed by atoms with E-state index in [9.17, 15) is 13.6 Å². The zero-order valence-corrected chi connectivity index (χ0v) is 10.2. The zero-order chi connectivity index (χ0) is 13.1. The molecule has 1 heterocycles. The number of piperidine rings is 1. The number of amides is 1. The SMILES string of the molecule is Cc1ccc(F)c(NC(=O)[C@H]2CCCCN2)c1F. The van der Waals surface area contributed by atoms with E-state index in [0.717, 1.165) is 25.5 Å². The molecule has 0 bridgehead atoms. The number of anilines is 1. The molecule has 1 atom stereocenters. The van der Waals surface area contributed by atoms with Gasteiger partial charge in [-0.05, 0) is 37.9 Å². The minimum atomic E-state index is -0.748. The van der Waals surface area contributed by atoms with Crippen LogP contribution in [-0.2, 0) is 4.79 Å². The Morgan fingerprint density at radius 2 is 2.17 bits per heavy atom. The van der Waals surface area contributed by atoms with Gasteiger partial charge < -0.3 is 10.6 Å². The molecule has 1 aromatic carbocycles. The molecular formula is C13H16F2N2O. The van der Waals surface area contributed by atoms with Crippen molar-refractivity contribution in [3.8, 4) is 0 Å². The Bertz CT molecular complexity index is 457. The van der Waals surface area contributed by atoms with Crippen LogP contribution in [0.15, 0.2) is 12.1 Å². The number of rotatable bonds is 2.